The quantitative estimate of drug-likeness (QED) is 0.808. The highest BCUT2D eigenvalue weighted by Gasteiger charge is 2.08. The van der Waals surface area contributed by atoms with Crippen LogP contribution in [0.15, 0.2) is 48.5 Å². The topological polar surface area (TPSA) is 21.3 Å². The number of hydrogen-bond acceptors (Lipinski definition) is 2. The average Bonchev–Trinajstić information content (AvgIpc) is 2.56. The van der Waals surface area contributed by atoms with Crippen molar-refractivity contribution in [1.29, 1.82) is 0 Å². The van der Waals surface area contributed by atoms with Crippen molar-refractivity contribution in [1.82, 2.24) is 5.32 Å². The fraction of sp³-hybridized carbons (Fsp3) is 0.368. The third kappa shape index (κ3) is 4.33. The Kier molecular flexibility index (Phi) is 5.82. The molecule has 2 rings (SSSR count). The predicted octanol–water partition coefficient (Wildman–Crippen LogP) is 4.50. The van der Waals surface area contributed by atoms with Gasteiger partial charge in [0.05, 0.1) is 7.11 Å². The minimum Gasteiger partial charge on any atom is -0.497 e. The molecule has 0 saturated carbocycles. The van der Waals surface area contributed by atoms with Crippen LogP contribution >= 0.6 is 0 Å². The largest absolute Gasteiger partial charge is 0.497 e. The number of nitrogens with one attached hydrogen (secondary N) is 1. The van der Waals surface area contributed by atoms with E-state index in [2.05, 4.69) is 55.6 Å². The molecule has 0 aromatic heterocycles. The summed E-state index contributed by atoms with van der Waals surface area (Å²) in [4.78, 5) is 0. The zero-order valence-corrected chi connectivity index (χ0v) is 13.2. The third-order valence-corrected chi connectivity index (χ3v) is 3.89. The van der Waals surface area contributed by atoms with Gasteiger partial charge in [-0.1, -0.05) is 50.2 Å². The molecule has 2 heteroatoms. The molecule has 21 heavy (non-hydrogen) atoms. The Hall–Kier alpha value is -1.80. The Bertz CT molecular complexity index is 548. The molecule has 0 aliphatic rings. The Morgan fingerprint density at radius 1 is 1.00 bits per heavy atom. The summed E-state index contributed by atoms with van der Waals surface area (Å²) in [6, 6.07) is 17.6. The monoisotopic (exact) mass is 283 g/mol. The molecule has 0 heterocycles. The summed E-state index contributed by atoms with van der Waals surface area (Å²) in [7, 11) is 1.71. The Balaban J connectivity index is 2.01. The van der Waals surface area contributed by atoms with Crippen molar-refractivity contribution in [2.75, 3.05) is 7.11 Å². The van der Waals surface area contributed by atoms with Crippen LogP contribution in [0.2, 0.25) is 0 Å². The first kappa shape index (κ1) is 15.6. The van der Waals surface area contributed by atoms with Crippen LogP contribution in [-0.2, 0) is 13.0 Å². The van der Waals surface area contributed by atoms with Crippen molar-refractivity contribution in [3.8, 4) is 5.75 Å². The number of hydrogen-bond donors (Lipinski definition) is 1. The van der Waals surface area contributed by atoms with Crippen molar-refractivity contribution >= 4 is 0 Å². The van der Waals surface area contributed by atoms with Crippen LogP contribution < -0.4 is 10.1 Å². The molecule has 1 atom stereocenters. The standard InChI is InChI=1S/C19H25NO/c1-4-15-9-11-17(12-10-15)19(5-2)20-14-16-7-6-8-18(13-16)21-3/h6-13,19-20H,4-5,14H2,1-3H3. The van der Waals surface area contributed by atoms with Gasteiger partial charge in [-0.15, -0.1) is 0 Å². The van der Waals surface area contributed by atoms with Crippen molar-refractivity contribution in [2.24, 2.45) is 0 Å². The molecule has 2 nitrogen and oxygen atoms in total. The van der Waals surface area contributed by atoms with Crippen LogP contribution in [0.4, 0.5) is 0 Å². The van der Waals surface area contributed by atoms with Crippen LogP contribution in [0.1, 0.15) is 43.0 Å². The number of aryl methyl sites for hydroxylation is 1. The second kappa shape index (κ2) is 7.84. The maximum atomic E-state index is 5.27. The summed E-state index contributed by atoms with van der Waals surface area (Å²) in [6.07, 6.45) is 2.17. The van der Waals surface area contributed by atoms with E-state index in [0.717, 1.165) is 25.1 Å². The van der Waals surface area contributed by atoms with Crippen LogP contribution in [0.5, 0.6) is 5.75 Å². The fourth-order valence-corrected chi connectivity index (χ4v) is 2.51. The summed E-state index contributed by atoms with van der Waals surface area (Å²) in [6.45, 7) is 5.26. The lowest BCUT2D eigenvalue weighted by atomic mass is 10.0. The summed E-state index contributed by atoms with van der Waals surface area (Å²) < 4.78 is 5.27. The van der Waals surface area contributed by atoms with Gasteiger partial charge < -0.3 is 10.1 Å². The normalized spacial score (nSPS) is 12.1. The van der Waals surface area contributed by atoms with E-state index in [-0.39, 0.29) is 0 Å². The van der Waals surface area contributed by atoms with Crippen LogP contribution in [0.3, 0.4) is 0 Å². The predicted molar refractivity (Wildman–Crippen MR) is 88.7 cm³/mol. The summed E-state index contributed by atoms with van der Waals surface area (Å²) >= 11 is 0. The van der Waals surface area contributed by atoms with E-state index in [1.807, 2.05) is 12.1 Å². The highest BCUT2D eigenvalue weighted by molar-refractivity contribution is 5.29. The SMILES string of the molecule is CCc1ccc(C(CC)NCc2cccc(OC)c2)cc1. The van der Waals surface area contributed by atoms with Crippen LogP contribution in [0.25, 0.3) is 0 Å². The molecule has 0 spiro atoms. The van der Waals surface area contributed by atoms with E-state index in [1.165, 1.54) is 16.7 Å². The first-order valence-corrected chi connectivity index (χ1v) is 7.72. The van der Waals surface area contributed by atoms with Gasteiger partial charge in [0.2, 0.25) is 0 Å². The van der Waals surface area contributed by atoms with Crippen LogP contribution in [0, 0.1) is 0 Å². The third-order valence-electron chi connectivity index (χ3n) is 3.89. The number of rotatable bonds is 7. The van der Waals surface area contributed by atoms with E-state index in [4.69, 9.17) is 4.74 Å². The molecule has 0 amide bonds. The molecule has 1 unspecified atom stereocenters. The molecule has 0 bridgehead atoms. The van der Waals surface area contributed by atoms with E-state index in [1.54, 1.807) is 7.11 Å². The lowest BCUT2D eigenvalue weighted by Crippen LogP contribution is -2.20. The van der Waals surface area contributed by atoms with E-state index in [0.29, 0.717) is 6.04 Å². The summed E-state index contributed by atoms with van der Waals surface area (Å²) in [5.41, 5.74) is 4.00. The van der Waals surface area contributed by atoms with Gasteiger partial charge in [-0.2, -0.15) is 0 Å². The van der Waals surface area contributed by atoms with E-state index < -0.39 is 0 Å². The molecule has 0 radical (unpaired) electrons. The van der Waals surface area contributed by atoms with Gasteiger partial charge in [0.25, 0.3) is 0 Å². The molecule has 112 valence electrons. The van der Waals surface area contributed by atoms with Crippen molar-refractivity contribution < 1.29 is 4.74 Å². The van der Waals surface area contributed by atoms with Gasteiger partial charge in [-0.25, -0.2) is 0 Å². The zero-order valence-electron chi connectivity index (χ0n) is 13.2. The van der Waals surface area contributed by atoms with Crippen molar-refractivity contribution in [3.63, 3.8) is 0 Å². The lowest BCUT2D eigenvalue weighted by molar-refractivity contribution is 0.413. The molecule has 2 aromatic rings. The molecular formula is C19H25NO. The fourth-order valence-electron chi connectivity index (χ4n) is 2.51. The van der Waals surface area contributed by atoms with E-state index >= 15 is 0 Å². The number of ether oxygens (including phenoxy) is 1. The average molecular weight is 283 g/mol. The maximum Gasteiger partial charge on any atom is 0.119 e. The van der Waals surface area contributed by atoms with Gasteiger partial charge in [0.15, 0.2) is 0 Å². The Morgan fingerprint density at radius 2 is 1.76 bits per heavy atom. The molecule has 0 aliphatic heterocycles. The van der Waals surface area contributed by atoms with Gasteiger partial charge in [0.1, 0.15) is 5.75 Å². The van der Waals surface area contributed by atoms with Gasteiger partial charge in [-0.3, -0.25) is 0 Å². The smallest absolute Gasteiger partial charge is 0.119 e. The lowest BCUT2D eigenvalue weighted by Gasteiger charge is -2.18. The molecule has 1 N–H and O–H groups in total. The Morgan fingerprint density at radius 3 is 2.38 bits per heavy atom. The number of benzene rings is 2. The van der Waals surface area contributed by atoms with E-state index in [9.17, 15) is 0 Å². The van der Waals surface area contributed by atoms with Gasteiger partial charge in [0, 0.05) is 12.6 Å². The minimum atomic E-state index is 0.391. The summed E-state index contributed by atoms with van der Waals surface area (Å²) in [5, 5.41) is 3.64. The van der Waals surface area contributed by atoms with Gasteiger partial charge >= 0.3 is 0 Å². The molecule has 0 saturated heterocycles. The highest BCUT2D eigenvalue weighted by atomic mass is 16.5. The highest BCUT2D eigenvalue weighted by Crippen LogP contribution is 2.19. The summed E-state index contributed by atoms with van der Waals surface area (Å²) in [5.74, 6) is 0.912. The maximum absolute atomic E-state index is 5.27. The van der Waals surface area contributed by atoms with Gasteiger partial charge in [-0.05, 0) is 41.7 Å². The first-order valence-electron chi connectivity index (χ1n) is 7.72. The molecule has 0 fully saturated rings. The number of methoxy groups -OCH3 is 1. The molecule has 0 aliphatic carbocycles. The first-order chi connectivity index (χ1) is 10.3. The van der Waals surface area contributed by atoms with Crippen molar-refractivity contribution in [3.05, 3.63) is 65.2 Å². The van der Waals surface area contributed by atoms with Crippen molar-refractivity contribution in [2.45, 2.75) is 39.3 Å². The second-order valence-electron chi connectivity index (χ2n) is 5.29. The zero-order chi connectivity index (χ0) is 15.1. The van der Waals surface area contributed by atoms with Crippen LogP contribution in [-0.4, -0.2) is 7.11 Å². The molecular weight excluding hydrogens is 258 g/mol. The molecule has 2 aromatic carbocycles. The Labute approximate surface area is 128 Å². The second-order valence-corrected chi connectivity index (χ2v) is 5.29. The minimum absolute atomic E-state index is 0.391.